The van der Waals surface area contributed by atoms with Crippen molar-refractivity contribution in [2.75, 3.05) is 18.5 Å². The third-order valence-corrected chi connectivity index (χ3v) is 2.91. The molecule has 102 valence electrons. The fourth-order valence-electron chi connectivity index (χ4n) is 1.16. The Morgan fingerprint density at radius 1 is 1.22 bits per heavy atom. The van der Waals surface area contributed by atoms with Crippen LogP contribution in [-0.4, -0.2) is 28.1 Å². The highest BCUT2D eigenvalue weighted by Gasteiger charge is 2.09. The van der Waals surface area contributed by atoms with Gasteiger partial charge in [-0.1, -0.05) is 27.7 Å². The van der Waals surface area contributed by atoms with E-state index in [2.05, 4.69) is 41.0 Å². The fourth-order valence-corrected chi connectivity index (χ4v) is 1.31. The summed E-state index contributed by atoms with van der Waals surface area (Å²) < 4.78 is 5.34. The van der Waals surface area contributed by atoms with Crippen molar-refractivity contribution in [2.24, 2.45) is 11.8 Å². The molecule has 5 nitrogen and oxygen atoms in total. The van der Waals surface area contributed by atoms with Crippen LogP contribution in [0.2, 0.25) is 5.28 Å². The predicted molar refractivity (Wildman–Crippen MR) is 73.1 cm³/mol. The Kier molecular flexibility index (Phi) is 6.12. The van der Waals surface area contributed by atoms with Gasteiger partial charge in [0, 0.05) is 6.54 Å². The van der Waals surface area contributed by atoms with E-state index in [-0.39, 0.29) is 11.3 Å². The highest BCUT2D eigenvalue weighted by molar-refractivity contribution is 6.28. The van der Waals surface area contributed by atoms with Crippen molar-refractivity contribution >= 4 is 17.5 Å². The van der Waals surface area contributed by atoms with E-state index in [4.69, 9.17) is 16.3 Å². The van der Waals surface area contributed by atoms with Gasteiger partial charge in [-0.05, 0) is 29.9 Å². The standard InChI is InChI=1S/C12H21ClN4O/c1-5-6-18-12-16-10(13)15-11(17-12)14-7-9(4)8(2)3/h8-9H,5-7H2,1-4H3,(H,14,15,16,17). The van der Waals surface area contributed by atoms with Crippen LogP contribution in [0.5, 0.6) is 6.01 Å². The van der Waals surface area contributed by atoms with E-state index in [1.54, 1.807) is 0 Å². The second kappa shape index (κ2) is 7.36. The third kappa shape index (κ3) is 5.04. The smallest absolute Gasteiger partial charge is 0.322 e. The maximum Gasteiger partial charge on any atom is 0.322 e. The predicted octanol–water partition coefficient (Wildman–Crippen LogP) is 3.02. The van der Waals surface area contributed by atoms with Gasteiger partial charge in [0.1, 0.15) is 0 Å². The lowest BCUT2D eigenvalue weighted by atomic mass is 9.98. The molecule has 0 saturated heterocycles. The molecule has 18 heavy (non-hydrogen) atoms. The Hall–Kier alpha value is -1.10. The zero-order chi connectivity index (χ0) is 13.5. The molecule has 1 unspecified atom stereocenters. The molecule has 1 N–H and O–H groups in total. The molecule has 6 heteroatoms. The first-order chi connectivity index (χ1) is 8.52. The van der Waals surface area contributed by atoms with Crippen molar-refractivity contribution in [2.45, 2.75) is 34.1 Å². The van der Waals surface area contributed by atoms with Crippen LogP contribution in [0.25, 0.3) is 0 Å². The molecule has 0 aliphatic rings. The van der Waals surface area contributed by atoms with Gasteiger partial charge in [-0.25, -0.2) is 0 Å². The molecule has 0 spiro atoms. The van der Waals surface area contributed by atoms with Crippen LogP contribution in [-0.2, 0) is 0 Å². The topological polar surface area (TPSA) is 59.9 Å². The normalized spacial score (nSPS) is 12.6. The highest BCUT2D eigenvalue weighted by Crippen LogP contribution is 2.14. The average Bonchev–Trinajstić information content (AvgIpc) is 2.32. The molecule has 0 fully saturated rings. The molecule has 1 aromatic heterocycles. The molecule has 0 aliphatic carbocycles. The molecule has 0 aliphatic heterocycles. The maximum atomic E-state index is 5.82. The summed E-state index contributed by atoms with van der Waals surface area (Å²) in [5.41, 5.74) is 0. The van der Waals surface area contributed by atoms with Crippen LogP contribution in [0.4, 0.5) is 5.95 Å². The number of hydrogen-bond donors (Lipinski definition) is 1. The second-order valence-corrected chi connectivity index (χ2v) is 5.00. The first-order valence-electron chi connectivity index (χ1n) is 6.31. The average molecular weight is 273 g/mol. The van der Waals surface area contributed by atoms with Gasteiger partial charge in [-0.15, -0.1) is 0 Å². The first kappa shape index (κ1) is 15.0. The minimum absolute atomic E-state index is 0.149. The van der Waals surface area contributed by atoms with Crippen molar-refractivity contribution in [3.63, 3.8) is 0 Å². The first-order valence-corrected chi connectivity index (χ1v) is 6.69. The minimum atomic E-state index is 0.149. The highest BCUT2D eigenvalue weighted by atomic mass is 35.5. The van der Waals surface area contributed by atoms with E-state index in [9.17, 15) is 0 Å². The summed E-state index contributed by atoms with van der Waals surface area (Å²) in [5, 5.41) is 3.31. The van der Waals surface area contributed by atoms with Crippen LogP contribution in [0.1, 0.15) is 34.1 Å². The largest absolute Gasteiger partial charge is 0.463 e. The van der Waals surface area contributed by atoms with E-state index < -0.39 is 0 Å². The summed E-state index contributed by atoms with van der Waals surface area (Å²) in [7, 11) is 0. The number of rotatable bonds is 7. The van der Waals surface area contributed by atoms with Crippen LogP contribution in [0.3, 0.4) is 0 Å². The zero-order valence-electron chi connectivity index (χ0n) is 11.4. The quantitative estimate of drug-likeness (QED) is 0.827. The van der Waals surface area contributed by atoms with E-state index in [0.29, 0.717) is 24.4 Å². The third-order valence-electron chi connectivity index (χ3n) is 2.74. The van der Waals surface area contributed by atoms with E-state index >= 15 is 0 Å². The maximum absolute atomic E-state index is 5.82. The lowest BCUT2D eigenvalue weighted by Gasteiger charge is -2.16. The molecule has 0 aromatic carbocycles. The Bertz CT molecular complexity index is 373. The number of hydrogen-bond acceptors (Lipinski definition) is 5. The Balaban J connectivity index is 2.62. The van der Waals surface area contributed by atoms with Crippen molar-refractivity contribution in [3.8, 4) is 6.01 Å². The van der Waals surface area contributed by atoms with Crippen molar-refractivity contribution in [3.05, 3.63) is 5.28 Å². The number of ether oxygens (including phenoxy) is 1. The molecule has 1 aromatic rings. The number of nitrogens with one attached hydrogen (secondary N) is 1. The van der Waals surface area contributed by atoms with Gasteiger partial charge in [0.25, 0.3) is 0 Å². The molecule has 0 radical (unpaired) electrons. The molecule has 0 saturated carbocycles. The summed E-state index contributed by atoms with van der Waals surface area (Å²) in [6.45, 7) is 9.93. The van der Waals surface area contributed by atoms with Gasteiger partial charge in [0.05, 0.1) is 6.61 Å². The number of nitrogens with zero attached hydrogens (tertiary/aromatic N) is 3. The van der Waals surface area contributed by atoms with Gasteiger partial charge in [0.2, 0.25) is 11.2 Å². The molecular formula is C12H21ClN4O. The van der Waals surface area contributed by atoms with Crippen LogP contribution in [0, 0.1) is 11.8 Å². The van der Waals surface area contributed by atoms with Crippen molar-refractivity contribution in [1.82, 2.24) is 15.0 Å². The minimum Gasteiger partial charge on any atom is -0.463 e. The van der Waals surface area contributed by atoms with E-state index in [1.165, 1.54) is 0 Å². The van der Waals surface area contributed by atoms with E-state index in [0.717, 1.165) is 13.0 Å². The van der Waals surface area contributed by atoms with Crippen molar-refractivity contribution in [1.29, 1.82) is 0 Å². The summed E-state index contributed by atoms with van der Waals surface area (Å²) in [6, 6.07) is 0.275. The zero-order valence-corrected chi connectivity index (χ0v) is 12.2. The summed E-state index contributed by atoms with van der Waals surface area (Å²) in [5.74, 6) is 1.60. The second-order valence-electron chi connectivity index (χ2n) is 4.66. The summed E-state index contributed by atoms with van der Waals surface area (Å²) in [6.07, 6.45) is 0.899. The van der Waals surface area contributed by atoms with Gasteiger partial charge >= 0.3 is 6.01 Å². The Morgan fingerprint density at radius 2 is 1.94 bits per heavy atom. The van der Waals surface area contributed by atoms with Gasteiger partial charge in [-0.2, -0.15) is 15.0 Å². The molecule has 0 amide bonds. The molecule has 0 bridgehead atoms. The molecule has 1 heterocycles. The van der Waals surface area contributed by atoms with Gasteiger partial charge < -0.3 is 10.1 Å². The van der Waals surface area contributed by atoms with Crippen molar-refractivity contribution < 1.29 is 4.74 Å². The van der Waals surface area contributed by atoms with Crippen LogP contribution >= 0.6 is 11.6 Å². The number of anilines is 1. The SMILES string of the molecule is CCCOc1nc(Cl)nc(NCC(C)C(C)C)n1. The fraction of sp³-hybridized carbons (Fsp3) is 0.750. The Morgan fingerprint density at radius 3 is 2.56 bits per heavy atom. The van der Waals surface area contributed by atoms with E-state index in [1.807, 2.05) is 6.92 Å². The monoisotopic (exact) mass is 272 g/mol. The lowest BCUT2D eigenvalue weighted by Crippen LogP contribution is -2.18. The Labute approximate surface area is 113 Å². The summed E-state index contributed by atoms with van der Waals surface area (Å²) in [4.78, 5) is 12.1. The summed E-state index contributed by atoms with van der Waals surface area (Å²) >= 11 is 5.82. The number of aromatic nitrogens is 3. The van der Waals surface area contributed by atoms with Gasteiger partial charge in [0.15, 0.2) is 0 Å². The lowest BCUT2D eigenvalue weighted by molar-refractivity contribution is 0.291. The molecule has 1 rings (SSSR count). The van der Waals surface area contributed by atoms with Gasteiger partial charge in [-0.3, -0.25) is 0 Å². The molecular weight excluding hydrogens is 252 g/mol. The number of halogens is 1. The van der Waals surface area contributed by atoms with Crippen LogP contribution < -0.4 is 10.1 Å². The van der Waals surface area contributed by atoms with Crippen LogP contribution in [0.15, 0.2) is 0 Å². The molecule has 1 atom stereocenters.